The third-order valence-corrected chi connectivity index (χ3v) is 4.95. The van der Waals surface area contributed by atoms with Gasteiger partial charge in [-0.2, -0.15) is 0 Å². The summed E-state index contributed by atoms with van der Waals surface area (Å²) in [5.74, 6) is -1.49. The van der Waals surface area contributed by atoms with Crippen LogP contribution < -0.4 is 5.73 Å². The number of rotatable bonds is 6. The molecule has 3 heterocycles. The zero-order valence-corrected chi connectivity index (χ0v) is 14.0. The number of carboxylic acid groups (broad SMARTS) is 1. The highest BCUT2D eigenvalue weighted by atomic mass is 31.2. The van der Waals surface area contributed by atoms with Gasteiger partial charge in [-0.3, -0.25) is 9.36 Å². The number of nitrogen functional groups attached to an aromatic ring is 1. The zero-order chi connectivity index (χ0) is 19.1. The van der Waals surface area contributed by atoms with Gasteiger partial charge in [0.05, 0.1) is 12.9 Å². The second-order valence-electron chi connectivity index (χ2n) is 5.63. The summed E-state index contributed by atoms with van der Waals surface area (Å²) >= 11 is 0. The first-order chi connectivity index (χ1) is 12.2. The number of H-pyrrole nitrogens is 1. The highest BCUT2D eigenvalue weighted by molar-refractivity contribution is 7.53. The minimum absolute atomic E-state index is 0.0335. The molecular weight excluding hydrogens is 373 g/mol. The normalized spacial score (nSPS) is 28.3. The Morgan fingerprint density at radius 1 is 1.38 bits per heavy atom. The topological polar surface area (TPSA) is 214 Å². The van der Waals surface area contributed by atoms with Crippen LogP contribution in [0.25, 0.3) is 11.2 Å². The third-order valence-electron chi connectivity index (χ3n) is 3.72. The molecule has 0 aromatic carbocycles. The van der Waals surface area contributed by atoms with E-state index < -0.39 is 50.7 Å². The minimum Gasteiger partial charge on any atom is -0.481 e. The molecule has 26 heavy (non-hydrogen) atoms. The third kappa shape index (κ3) is 3.67. The van der Waals surface area contributed by atoms with E-state index in [2.05, 4.69) is 24.5 Å². The van der Waals surface area contributed by atoms with Gasteiger partial charge in [-0.15, -0.1) is 0 Å². The van der Waals surface area contributed by atoms with E-state index >= 15 is 0 Å². The lowest BCUT2D eigenvalue weighted by Crippen LogP contribution is -2.33. The van der Waals surface area contributed by atoms with Crippen LogP contribution in [0.5, 0.6) is 0 Å². The standard InChI is InChI=1S/C12H16N5O8P/c13-10-6-11(15-3-14-6)17-12(16-10)9-8(21)7(20)4(25-9)1-24-26(22,23)2-5(18)19/h3-4,7-9,20-21H,1-2H2,(H,18,19)(H,22,23)(H3,13,14,15,16,17)/t4-,7-,8+,9?/m1/s1. The number of ether oxygens (including phenoxy) is 1. The molecule has 5 atom stereocenters. The lowest BCUT2D eigenvalue weighted by Gasteiger charge is -2.16. The molecule has 1 aliphatic rings. The van der Waals surface area contributed by atoms with Crippen LogP contribution in [0.2, 0.25) is 0 Å². The molecule has 2 unspecified atom stereocenters. The van der Waals surface area contributed by atoms with Crippen LogP contribution in [-0.2, 0) is 18.6 Å². The number of fused-ring (bicyclic) bond motifs is 1. The van der Waals surface area contributed by atoms with Gasteiger partial charge in [-0.1, -0.05) is 0 Å². The molecule has 0 amide bonds. The Labute approximate surface area is 145 Å². The molecule has 1 saturated heterocycles. The van der Waals surface area contributed by atoms with Gasteiger partial charge in [0.15, 0.2) is 17.3 Å². The second kappa shape index (κ2) is 6.87. The number of imidazole rings is 1. The van der Waals surface area contributed by atoms with Gasteiger partial charge in [0.1, 0.15) is 36.1 Å². The van der Waals surface area contributed by atoms with Crippen LogP contribution in [0.1, 0.15) is 11.9 Å². The van der Waals surface area contributed by atoms with Crippen LogP contribution in [0.4, 0.5) is 5.82 Å². The second-order valence-corrected chi connectivity index (χ2v) is 7.48. The molecule has 0 saturated carbocycles. The molecule has 1 aliphatic heterocycles. The maximum Gasteiger partial charge on any atom is 0.339 e. The molecule has 142 valence electrons. The van der Waals surface area contributed by atoms with Gasteiger partial charge in [0.25, 0.3) is 0 Å². The quantitative estimate of drug-likeness (QED) is 0.308. The number of aliphatic hydroxyl groups excluding tert-OH is 2. The summed E-state index contributed by atoms with van der Waals surface area (Å²) in [6, 6.07) is 0. The Balaban J connectivity index is 1.74. The molecule has 0 radical (unpaired) electrons. The predicted octanol–water partition coefficient (Wildman–Crippen LogP) is -1.62. The number of aliphatic carboxylic acids is 1. The molecule has 0 bridgehead atoms. The summed E-state index contributed by atoms with van der Waals surface area (Å²) < 4.78 is 21.7. The number of nitrogens with two attached hydrogens (primary N) is 1. The summed E-state index contributed by atoms with van der Waals surface area (Å²) in [5, 5.41) is 28.8. The number of aliphatic hydroxyl groups is 2. The van der Waals surface area contributed by atoms with E-state index in [1.165, 1.54) is 6.33 Å². The van der Waals surface area contributed by atoms with Gasteiger partial charge < -0.3 is 40.2 Å². The summed E-state index contributed by atoms with van der Waals surface area (Å²) in [6.45, 7) is -0.615. The Bertz CT molecular complexity index is 874. The van der Waals surface area contributed by atoms with Crippen LogP contribution in [-0.4, -0.2) is 77.2 Å². The molecule has 1 fully saturated rings. The first kappa shape index (κ1) is 18.6. The van der Waals surface area contributed by atoms with E-state index in [1.807, 2.05) is 0 Å². The molecule has 3 rings (SSSR count). The number of nitrogens with one attached hydrogen (secondary N) is 1. The van der Waals surface area contributed by atoms with E-state index in [0.29, 0.717) is 5.52 Å². The molecule has 2 aromatic heterocycles. The van der Waals surface area contributed by atoms with Crippen molar-refractivity contribution < 1.29 is 38.8 Å². The monoisotopic (exact) mass is 389 g/mol. The molecule has 0 spiro atoms. The Kier molecular flexibility index (Phi) is 4.92. The predicted molar refractivity (Wildman–Crippen MR) is 84.0 cm³/mol. The number of hydrogen-bond acceptors (Lipinski definition) is 10. The van der Waals surface area contributed by atoms with E-state index in [9.17, 15) is 24.5 Å². The summed E-state index contributed by atoms with van der Waals surface area (Å²) in [7, 11) is -4.41. The Morgan fingerprint density at radius 2 is 2.12 bits per heavy atom. The van der Waals surface area contributed by atoms with E-state index in [4.69, 9.17) is 15.6 Å². The van der Waals surface area contributed by atoms with Crippen molar-refractivity contribution >= 4 is 30.5 Å². The Morgan fingerprint density at radius 3 is 2.81 bits per heavy atom. The largest absolute Gasteiger partial charge is 0.481 e. The summed E-state index contributed by atoms with van der Waals surface area (Å²) in [4.78, 5) is 34.7. The van der Waals surface area contributed by atoms with Crippen molar-refractivity contribution in [2.75, 3.05) is 18.5 Å². The van der Waals surface area contributed by atoms with Crippen molar-refractivity contribution in [3.63, 3.8) is 0 Å². The fraction of sp³-hybridized carbons (Fsp3) is 0.500. The molecule has 13 nitrogen and oxygen atoms in total. The van der Waals surface area contributed by atoms with Crippen molar-refractivity contribution in [1.82, 2.24) is 19.9 Å². The smallest absolute Gasteiger partial charge is 0.339 e. The first-order valence-electron chi connectivity index (χ1n) is 7.34. The number of anilines is 1. The number of nitrogens with zero attached hydrogens (tertiary/aromatic N) is 3. The zero-order valence-electron chi connectivity index (χ0n) is 13.1. The van der Waals surface area contributed by atoms with Crippen LogP contribution in [0.15, 0.2) is 6.33 Å². The number of carboxylic acids is 1. The minimum atomic E-state index is -4.41. The first-order valence-corrected chi connectivity index (χ1v) is 9.10. The van der Waals surface area contributed by atoms with Crippen molar-refractivity contribution in [2.24, 2.45) is 0 Å². The van der Waals surface area contributed by atoms with Crippen molar-refractivity contribution in [1.29, 1.82) is 0 Å². The van der Waals surface area contributed by atoms with Gasteiger partial charge in [-0.05, 0) is 0 Å². The highest BCUT2D eigenvalue weighted by Crippen LogP contribution is 2.43. The molecule has 0 aliphatic carbocycles. The van der Waals surface area contributed by atoms with Crippen molar-refractivity contribution in [3.8, 4) is 0 Å². The lowest BCUT2D eigenvalue weighted by molar-refractivity contribution is -0.134. The average Bonchev–Trinajstić information content (AvgIpc) is 3.11. The highest BCUT2D eigenvalue weighted by Gasteiger charge is 2.46. The number of carbonyl (C=O) groups is 1. The SMILES string of the molecule is Nc1nc(C2O[C@H](COP(=O)(O)CC(=O)O)[C@@H](O)[C@@H]2O)nc2nc[nH]c12. The van der Waals surface area contributed by atoms with Gasteiger partial charge in [0, 0.05) is 0 Å². The summed E-state index contributed by atoms with van der Waals surface area (Å²) in [5.41, 5.74) is 6.41. The van der Waals surface area contributed by atoms with Crippen molar-refractivity contribution in [3.05, 3.63) is 12.2 Å². The molecular formula is C12H16N5O8P. The van der Waals surface area contributed by atoms with E-state index in [0.717, 1.165) is 0 Å². The molecule has 2 aromatic rings. The van der Waals surface area contributed by atoms with Gasteiger partial charge >= 0.3 is 13.6 Å². The van der Waals surface area contributed by atoms with Crippen LogP contribution in [0.3, 0.4) is 0 Å². The van der Waals surface area contributed by atoms with Gasteiger partial charge in [-0.25, -0.2) is 15.0 Å². The Hall–Kier alpha value is -2.15. The van der Waals surface area contributed by atoms with Crippen LogP contribution >= 0.6 is 7.60 Å². The maximum absolute atomic E-state index is 11.6. The lowest BCUT2D eigenvalue weighted by atomic mass is 10.1. The van der Waals surface area contributed by atoms with Crippen molar-refractivity contribution in [2.45, 2.75) is 24.4 Å². The number of aromatic amines is 1. The van der Waals surface area contributed by atoms with Crippen LogP contribution in [0, 0.1) is 0 Å². The number of hydrogen-bond donors (Lipinski definition) is 6. The fourth-order valence-electron chi connectivity index (χ4n) is 2.51. The van der Waals surface area contributed by atoms with E-state index in [-0.39, 0.29) is 17.3 Å². The van der Waals surface area contributed by atoms with Gasteiger partial charge in [0.2, 0.25) is 0 Å². The fourth-order valence-corrected chi connectivity index (χ4v) is 3.32. The molecule has 7 N–H and O–H groups in total. The average molecular weight is 389 g/mol. The molecule has 14 heteroatoms. The van der Waals surface area contributed by atoms with E-state index in [1.54, 1.807) is 0 Å². The summed E-state index contributed by atoms with van der Waals surface area (Å²) in [6.07, 6.45) is -5.07. The maximum atomic E-state index is 11.6. The number of aromatic nitrogens is 4.